The summed E-state index contributed by atoms with van der Waals surface area (Å²) in [5, 5.41) is 2.74. The van der Waals surface area contributed by atoms with Crippen molar-refractivity contribution in [3.8, 4) is 5.75 Å². The molecule has 6 nitrogen and oxygen atoms in total. The van der Waals surface area contributed by atoms with Gasteiger partial charge in [-0.3, -0.25) is 9.36 Å². The molecule has 0 fully saturated rings. The summed E-state index contributed by atoms with van der Waals surface area (Å²) in [5.74, 6) is -0.0402. The molecule has 0 bridgehead atoms. The fraction of sp³-hybridized carbons (Fsp3) is 0.562. The lowest BCUT2D eigenvalue weighted by Crippen LogP contribution is -2.36. The van der Waals surface area contributed by atoms with E-state index in [1.54, 1.807) is 45.0 Å². The second kappa shape index (κ2) is 9.06. The van der Waals surface area contributed by atoms with Crippen LogP contribution in [0.3, 0.4) is 0 Å². The normalized spacial score (nSPS) is 15.3. The molecule has 0 aliphatic carbocycles. The van der Waals surface area contributed by atoms with Crippen LogP contribution < -0.4 is 9.61 Å². The van der Waals surface area contributed by atoms with E-state index in [-0.39, 0.29) is 18.6 Å². The van der Waals surface area contributed by atoms with Gasteiger partial charge in [0.15, 0.2) is 0 Å². The molecule has 0 spiro atoms. The van der Waals surface area contributed by atoms with E-state index in [1.165, 1.54) is 0 Å². The van der Waals surface area contributed by atoms with Crippen LogP contribution in [0.4, 0.5) is 0 Å². The quantitative estimate of drug-likeness (QED) is 0.546. The zero-order valence-electron chi connectivity index (χ0n) is 14.3. The molecular weight excluding hydrogens is 317 g/mol. The van der Waals surface area contributed by atoms with Crippen LogP contribution in [0.5, 0.6) is 5.75 Å². The fourth-order valence-electron chi connectivity index (χ4n) is 1.67. The Bertz CT molecular complexity index is 533. The van der Waals surface area contributed by atoms with Crippen molar-refractivity contribution >= 4 is 13.5 Å². The van der Waals surface area contributed by atoms with Crippen molar-refractivity contribution in [3.63, 3.8) is 0 Å². The average molecular weight is 343 g/mol. The predicted octanol–water partition coefficient (Wildman–Crippen LogP) is 3.57. The van der Waals surface area contributed by atoms with Gasteiger partial charge < -0.3 is 14.0 Å². The van der Waals surface area contributed by atoms with E-state index < -0.39 is 19.5 Å². The number of hydrogen-bond donors (Lipinski definition) is 1. The standard InChI is InChI=1S/C16H26NO5P/c1-12(2)20-11-23(19,22-15-9-7-6-8-10-15)17-14(5)16(18)21-13(3)4/h6-10,12-14H,11H2,1-5H3,(H,17,19). The van der Waals surface area contributed by atoms with Crippen LogP contribution in [0.25, 0.3) is 0 Å². The van der Waals surface area contributed by atoms with Crippen LogP contribution in [-0.4, -0.2) is 30.6 Å². The van der Waals surface area contributed by atoms with Crippen LogP contribution >= 0.6 is 7.52 Å². The molecule has 0 radical (unpaired) electrons. The van der Waals surface area contributed by atoms with Gasteiger partial charge in [0.2, 0.25) is 0 Å². The Hall–Kier alpha value is -1.36. The summed E-state index contributed by atoms with van der Waals surface area (Å²) in [6.45, 7) is 8.77. The topological polar surface area (TPSA) is 73.9 Å². The first kappa shape index (κ1) is 19.7. The molecule has 2 atom stereocenters. The minimum absolute atomic E-state index is 0.109. The van der Waals surface area contributed by atoms with Crippen molar-refractivity contribution in [2.24, 2.45) is 0 Å². The lowest BCUT2D eigenvalue weighted by molar-refractivity contribution is -0.149. The minimum atomic E-state index is -3.42. The Balaban J connectivity index is 2.82. The van der Waals surface area contributed by atoms with Gasteiger partial charge in [0.25, 0.3) is 0 Å². The number of benzene rings is 1. The van der Waals surface area contributed by atoms with Crippen molar-refractivity contribution in [3.05, 3.63) is 30.3 Å². The molecule has 0 aliphatic rings. The molecule has 130 valence electrons. The maximum absolute atomic E-state index is 13.0. The molecule has 0 aliphatic heterocycles. The number of esters is 1. The van der Waals surface area contributed by atoms with Gasteiger partial charge in [-0.25, -0.2) is 5.09 Å². The number of hydrogen-bond acceptors (Lipinski definition) is 5. The summed E-state index contributed by atoms with van der Waals surface area (Å²) < 4.78 is 29.2. The van der Waals surface area contributed by atoms with Crippen LogP contribution in [0.2, 0.25) is 0 Å². The van der Waals surface area contributed by atoms with Crippen molar-refractivity contribution in [2.75, 3.05) is 6.35 Å². The molecule has 0 saturated carbocycles. The third kappa shape index (κ3) is 7.64. The van der Waals surface area contributed by atoms with Crippen molar-refractivity contribution in [1.82, 2.24) is 5.09 Å². The maximum Gasteiger partial charge on any atom is 0.342 e. The molecule has 23 heavy (non-hydrogen) atoms. The number of carbonyl (C=O) groups excluding carboxylic acids is 1. The van der Waals surface area contributed by atoms with Gasteiger partial charge in [-0.2, -0.15) is 0 Å². The van der Waals surface area contributed by atoms with Gasteiger partial charge in [-0.05, 0) is 46.8 Å². The SMILES string of the molecule is CC(C)OCP(=O)(NC(C)C(=O)OC(C)C)Oc1ccccc1. The van der Waals surface area contributed by atoms with Crippen LogP contribution in [0, 0.1) is 0 Å². The Morgan fingerprint density at radius 2 is 1.70 bits per heavy atom. The van der Waals surface area contributed by atoms with Crippen LogP contribution in [0.15, 0.2) is 30.3 Å². The van der Waals surface area contributed by atoms with Crippen LogP contribution in [0.1, 0.15) is 34.6 Å². The van der Waals surface area contributed by atoms with E-state index in [9.17, 15) is 9.36 Å². The van der Waals surface area contributed by atoms with Gasteiger partial charge >= 0.3 is 13.5 Å². The lowest BCUT2D eigenvalue weighted by Gasteiger charge is -2.24. The first-order valence-corrected chi connectivity index (χ1v) is 9.46. The van der Waals surface area contributed by atoms with Gasteiger partial charge in [0, 0.05) is 0 Å². The molecule has 0 amide bonds. The Labute approximate surface area is 138 Å². The van der Waals surface area contributed by atoms with Crippen molar-refractivity contribution < 1.29 is 23.4 Å². The molecule has 2 unspecified atom stereocenters. The van der Waals surface area contributed by atoms with E-state index in [4.69, 9.17) is 14.0 Å². The van der Waals surface area contributed by atoms with Crippen molar-refractivity contribution in [1.29, 1.82) is 0 Å². The molecule has 1 rings (SSSR count). The fourth-order valence-corrected chi connectivity index (χ4v) is 3.50. The summed E-state index contributed by atoms with van der Waals surface area (Å²) in [4.78, 5) is 11.9. The van der Waals surface area contributed by atoms with Gasteiger partial charge in [0.05, 0.1) is 12.2 Å². The monoisotopic (exact) mass is 343 g/mol. The smallest absolute Gasteiger partial charge is 0.342 e. The summed E-state index contributed by atoms with van der Waals surface area (Å²) in [6, 6.07) is 8.00. The third-order valence-corrected chi connectivity index (χ3v) is 4.45. The van der Waals surface area contributed by atoms with Gasteiger partial charge in [0.1, 0.15) is 18.1 Å². The Morgan fingerprint density at radius 1 is 1.09 bits per heavy atom. The van der Waals surface area contributed by atoms with E-state index >= 15 is 0 Å². The highest BCUT2D eigenvalue weighted by atomic mass is 31.2. The minimum Gasteiger partial charge on any atom is -0.462 e. The predicted molar refractivity (Wildman–Crippen MR) is 89.6 cm³/mol. The molecule has 1 aromatic rings. The summed E-state index contributed by atoms with van der Waals surface area (Å²) in [7, 11) is -3.42. The largest absolute Gasteiger partial charge is 0.462 e. The second-order valence-corrected chi connectivity index (χ2v) is 7.80. The summed E-state index contributed by atoms with van der Waals surface area (Å²) in [6.07, 6.45) is -0.491. The summed E-state index contributed by atoms with van der Waals surface area (Å²) in [5.41, 5.74) is 0. The molecule has 1 aromatic carbocycles. The zero-order valence-corrected chi connectivity index (χ0v) is 15.2. The zero-order chi connectivity index (χ0) is 17.5. The molecule has 7 heteroatoms. The van der Waals surface area contributed by atoms with Gasteiger partial charge in [-0.1, -0.05) is 18.2 Å². The lowest BCUT2D eigenvalue weighted by atomic mass is 10.3. The van der Waals surface area contributed by atoms with E-state index in [0.29, 0.717) is 5.75 Å². The first-order valence-electron chi connectivity index (χ1n) is 7.65. The van der Waals surface area contributed by atoms with E-state index in [1.807, 2.05) is 19.9 Å². The summed E-state index contributed by atoms with van der Waals surface area (Å²) >= 11 is 0. The molecule has 0 saturated heterocycles. The highest BCUT2D eigenvalue weighted by molar-refractivity contribution is 7.57. The second-order valence-electron chi connectivity index (χ2n) is 5.76. The molecule has 1 N–H and O–H groups in total. The Kier molecular flexibility index (Phi) is 7.76. The number of rotatable bonds is 9. The molecule has 0 aromatic heterocycles. The number of carbonyl (C=O) groups is 1. The van der Waals surface area contributed by atoms with Gasteiger partial charge in [-0.15, -0.1) is 0 Å². The van der Waals surface area contributed by atoms with Crippen LogP contribution in [-0.2, 0) is 18.8 Å². The number of nitrogens with one attached hydrogen (secondary N) is 1. The molecule has 0 heterocycles. The number of ether oxygens (including phenoxy) is 2. The maximum atomic E-state index is 13.0. The highest BCUT2D eigenvalue weighted by Crippen LogP contribution is 2.43. The molecular formula is C16H26NO5P. The van der Waals surface area contributed by atoms with E-state index in [2.05, 4.69) is 5.09 Å². The first-order chi connectivity index (χ1) is 10.7. The Morgan fingerprint density at radius 3 is 2.22 bits per heavy atom. The highest BCUT2D eigenvalue weighted by Gasteiger charge is 2.31. The number of para-hydroxylation sites is 1. The third-order valence-electron chi connectivity index (χ3n) is 2.67. The van der Waals surface area contributed by atoms with Crippen molar-refractivity contribution in [2.45, 2.75) is 52.9 Å². The average Bonchev–Trinajstić information content (AvgIpc) is 2.45. The van der Waals surface area contributed by atoms with E-state index in [0.717, 1.165) is 0 Å².